The summed E-state index contributed by atoms with van der Waals surface area (Å²) in [6.07, 6.45) is 0. The third-order valence-electron chi connectivity index (χ3n) is 2.97. The van der Waals surface area contributed by atoms with Crippen LogP contribution in [0.4, 0.5) is 4.39 Å². The fourth-order valence-electron chi connectivity index (χ4n) is 1.92. The second-order valence-corrected chi connectivity index (χ2v) is 4.52. The van der Waals surface area contributed by atoms with Crippen molar-refractivity contribution in [2.75, 3.05) is 19.8 Å². The van der Waals surface area contributed by atoms with E-state index in [1.165, 1.54) is 6.07 Å². The Morgan fingerprint density at radius 3 is 2.24 bits per heavy atom. The van der Waals surface area contributed by atoms with Gasteiger partial charge in [0.25, 0.3) is 0 Å². The number of halogens is 1. The summed E-state index contributed by atoms with van der Waals surface area (Å²) in [4.78, 5) is 0. The molecule has 2 aromatic rings. The van der Waals surface area contributed by atoms with Crippen LogP contribution in [0.3, 0.4) is 0 Å². The predicted octanol–water partition coefficient (Wildman–Crippen LogP) is 3.39. The summed E-state index contributed by atoms with van der Waals surface area (Å²) in [5.74, 6) is 0.725. The van der Waals surface area contributed by atoms with Gasteiger partial charge in [0, 0.05) is 12.1 Å². The lowest BCUT2D eigenvalue weighted by molar-refractivity contribution is 0.210. The molecule has 0 aliphatic carbocycles. The van der Waals surface area contributed by atoms with E-state index in [0.29, 0.717) is 13.2 Å². The highest BCUT2D eigenvalue weighted by molar-refractivity contribution is 5.33. The Bertz CT molecular complexity index is 560. The van der Waals surface area contributed by atoms with E-state index in [2.05, 4.69) is 12.2 Å². The number of hydrogen-bond acceptors (Lipinski definition) is 3. The molecule has 3 nitrogen and oxygen atoms in total. The monoisotopic (exact) mass is 289 g/mol. The minimum Gasteiger partial charge on any atom is -0.490 e. The number of benzene rings is 2. The van der Waals surface area contributed by atoms with Gasteiger partial charge in [-0.1, -0.05) is 37.3 Å². The summed E-state index contributed by atoms with van der Waals surface area (Å²) in [7, 11) is 0. The molecule has 112 valence electrons. The molecule has 0 heterocycles. The van der Waals surface area contributed by atoms with Crippen LogP contribution in [0.25, 0.3) is 0 Å². The Hall–Kier alpha value is -2.07. The molecule has 0 aliphatic rings. The molecular formula is C17H20FNO2. The molecule has 0 radical (unpaired) electrons. The standard InChI is InChI=1S/C17H20FNO2/c1-2-19-13-14-7-3-5-9-16(14)20-11-12-21-17-10-6-4-8-15(17)18/h3-10,19H,2,11-13H2,1H3. The summed E-state index contributed by atoms with van der Waals surface area (Å²) in [6, 6.07) is 14.2. The van der Waals surface area contributed by atoms with Gasteiger partial charge >= 0.3 is 0 Å². The second-order valence-electron chi connectivity index (χ2n) is 4.52. The van der Waals surface area contributed by atoms with Gasteiger partial charge in [-0.2, -0.15) is 0 Å². The first-order chi connectivity index (χ1) is 10.3. The minimum atomic E-state index is -0.356. The van der Waals surface area contributed by atoms with E-state index in [1.807, 2.05) is 24.3 Å². The molecule has 0 fully saturated rings. The van der Waals surface area contributed by atoms with Gasteiger partial charge in [-0.15, -0.1) is 0 Å². The number of rotatable bonds is 8. The first-order valence-corrected chi connectivity index (χ1v) is 7.10. The molecule has 0 amide bonds. The Labute approximate surface area is 124 Å². The first kappa shape index (κ1) is 15.3. The van der Waals surface area contributed by atoms with Crippen LogP contribution >= 0.6 is 0 Å². The quantitative estimate of drug-likeness (QED) is 0.756. The largest absolute Gasteiger partial charge is 0.490 e. The summed E-state index contributed by atoms with van der Waals surface area (Å²) >= 11 is 0. The van der Waals surface area contributed by atoms with Gasteiger partial charge in [-0.3, -0.25) is 0 Å². The van der Waals surface area contributed by atoms with Crippen LogP contribution in [0, 0.1) is 5.82 Å². The zero-order chi connectivity index (χ0) is 14.9. The molecule has 0 unspecified atom stereocenters. The van der Waals surface area contributed by atoms with Crippen molar-refractivity contribution in [3.63, 3.8) is 0 Å². The maximum absolute atomic E-state index is 13.4. The molecule has 0 bridgehead atoms. The van der Waals surface area contributed by atoms with Gasteiger partial charge in [0.1, 0.15) is 19.0 Å². The highest BCUT2D eigenvalue weighted by Gasteiger charge is 2.04. The fourth-order valence-corrected chi connectivity index (χ4v) is 1.92. The third-order valence-corrected chi connectivity index (χ3v) is 2.97. The normalized spacial score (nSPS) is 10.4. The maximum atomic E-state index is 13.4. The highest BCUT2D eigenvalue weighted by Crippen LogP contribution is 2.18. The topological polar surface area (TPSA) is 30.5 Å². The third kappa shape index (κ3) is 4.76. The smallest absolute Gasteiger partial charge is 0.165 e. The first-order valence-electron chi connectivity index (χ1n) is 7.10. The van der Waals surface area contributed by atoms with E-state index >= 15 is 0 Å². The van der Waals surface area contributed by atoms with E-state index in [9.17, 15) is 4.39 Å². The number of hydrogen-bond donors (Lipinski definition) is 1. The molecule has 0 atom stereocenters. The van der Waals surface area contributed by atoms with E-state index < -0.39 is 0 Å². The van der Waals surface area contributed by atoms with Crippen LogP contribution in [-0.2, 0) is 6.54 Å². The van der Waals surface area contributed by atoms with Crippen molar-refractivity contribution in [3.05, 3.63) is 59.9 Å². The molecule has 0 aromatic heterocycles. The molecule has 0 saturated carbocycles. The molecular weight excluding hydrogens is 269 g/mol. The van der Waals surface area contributed by atoms with E-state index in [0.717, 1.165) is 24.4 Å². The summed E-state index contributed by atoms with van der Waals surface area (Å²) in [5, 5.41) is 3.27. The fraction of sp³-hybridized carbons (Fsp3) is 0.294. The highest BCUT2D eigenvalue weighted by atomic mass is 19.1. The summed E-state index contributed by atoms with van der Waals surface area (Å²) < 4.78 is 24.4. The molecule has 4 heteroatoms. The predicted molar refractivity (Wildman–Crippen MR) is 81.2 cm³/mol. The number of nitrogens with one attached hydrogen (secondary N) is 1. The average molecular weight is 289 g/mol. The van der Waals surface area contributed by atoms with Gasteiger partial charge < -0.3 is 14.8 Å². The zero-order valence-electron chi connectivity index (χ0n) is 12.1. The van der Waals surface area contributed by atoms with E-state index in [4.69, 9.17) is 9.47 Å². The Kier molecular flexibility index (Phi) is 6.03. The zero-order valence-corrected chi connectivity index (χ0v) is 12.1. The van der Waals surface area contributed by atoms with Crippen molar-refractivity contribution in [1.82, 2.24) is 5.32 Å². The van der Waals surface area contributed by atoms with Crippen LogP contribution in [0.5, 0.6) is 11.5 Å². The van der Waals surface area contributed by atoms with Crippen molar-refractivity contribution in [1.29, 1.82) is 0 Å². The van der Waals surface area contributed by atoms with Gasteiger partial charge in [0.05, 0.1) is 0 Å². The van der Waals surface area contributed by atoms with Crippen molar-refractivity contribution < 1.29 is 13.9 Å². The van der Waals surface area contributed by atoms with E-state index in [-0.39, 0.29) is 11.6 Å². The summed E-state index contributed by atoms with van der Waals surface area (Å²) in [6.45, 7) is 4.41. The van der Waals surface area contributed by atoms with E-state index in [1.54, 1.807) is 18.2 Å². The van der Waals surface area contributed by atoms with Crippen LogP contribution < -0.4 is 14.8 Å². The Morgan fingerprint density at radius 2 is 1.52 bits per heavy atom. The molecule has 2 aromatic carbocycles. The Balaban J connectivity index is 1.82. The van der Waals surface area contributed by atoms with Crippen molar-refractivity contribution in [3.8, 4) is 11.5 Å². The lowest BCUT2D eigenvalue weighted by atomic mass is 10.2. The number of para-hydroxylation sites is 2. The SMILES string of the molecule is CCNCc1ccccc1OCCOc1ccccc1F. The second kappa shape index (κ2) is 8.27. The van der Waals surface area contributed by atoms with Gasteiger partial charge in [-0.25, -0.2) is 4.39 Å². The molecule has 0 saturated heterocycles. The van der Waals surface area contributed by atoms with Gasteiger partial charge in [-0.05, 0) is 24.7 Å². The Morgan fingerprint density at radius 1 is 0.905 bits per heavy atom. The minimum absolute atomic E-state index is 0.252. The maximum Gasteiger partial charge on any atom is 0.165 e. The van der Waals surface area contributed by atoms with Crippen molar-refractivity contribution >= 4 is 0 Å². The molecule has 1 N–H and O–H groups in total. The van der Waals surface area contributed by atoms with Crippen LogP contribution in [-0.4, -0.2) is 19.8 Å². The van der Waals surface area contributed by atoms with Crippen LogP contribution in [0.15, 0.2) is 48.5 Å². The van der Waals surface area contributed by atoms with Crippen molar-refractivity contribution in [2.45, 2.75) is 13.5 Å². The molecule has 2 rings (SSSR count). The van der Waals surface area contributed by atoms with Gasteiger partial charge in [0.2, 0.25) is 0 Å². The van der Waals surface area contributed by atoms with Crippen LogP contribution in [0.2, 0.25) is 0 Å². The molecule has 0 spiro atoms. The lowest BCUT2D eigenvalue weighted by Gasteiger charge is -2.12. The average Bonchev–Trinajstić information content (AvgIpc) is 2.52. The number of ether oxygens (including phenoxy) is 2. The summed E-state index contributed by atoms with van der Waals surface area (Å²) in [5.41, 5.74) is 1.10. The lowest BCUT2D eigenvalue weighted by Crippen LogP contribution is -2.14. The van der Waals surface area contributed by atoms with Crippen LogP contribution in [0.1, 0.15) is 12.5 Å². The van der Waals surface area contributed by atoms with Gasteiger partial charge in [0.15, 0.2) is 11.6 Å². The molecule has 21 heavy (non-hydrogen) atoms. The molecule has 0 aliphatic heterocycles. The van der Waals surface area contributed by atoms with Crippen molar-refractivity contribution in [2.24, 2.45) is 0 Å².